The lowest BCUT2D eigenvalue weighted by Crippen LogP contribution is -2.15. The van der Waals surface area contributed by atoms with Crippen molar-refractivity contribution >= 4 is 0 Å². The maximum Gasteiger partial charge on any atom is 0.174 e. The Morgan fingerprint density at radius 1 is 1.33 bits per heavy atom. The van der Waals surface area contributed by atoms with Gasteiger partial charge in [-0.15, -0.1) is 0 Å². The van der Waals surface area contributed by atoms with Crippen LogP contribution in [0.3, 0.4) is 0 Å². The normalized spacial score (nSPS) is 14.6. The zero-order chi connectivity index (χ0) is 14.7. The molecule has 3 rings (SSSR count). The number of ether oxygens (including phenoxy) is 1. The summed E-state index contributed by atoms with van der Waals surface area (Å²) in [5.74, 6) is 2.13. The van der Waals surface area contributed by atoms with Crippen molar-refractivity contribution in [2.45, 2.75) is 51.8 Å². The molecule has 1 aliphatic rings. The smallest absolute Gasteiger partial charge is 0.174 e. The summed E-state index contributed by atoms with van der Waals surface area (Å²) in [6, 6.07) is 10.8. The first-order chi connectivity index (χ1) is 10.2. The van der Waals surface area contributed by atoms with Crippen molar-refractivity contribution in [3.63, 3.8) is 0 Å². The van der Waals surface area contributed by atoms with Gasteiger partial charge in [-0.05, 0) is 36.5 Å². The molecule has 1 aliphatic carbocycles. The second kappa shape index (κ2) is 6.31. The molecule has 0 amide bonds. The van der Waals surface area contributed by atoms with Crippen molar-refractivity contribution in [2.75, 3.05) is 0 Å². The number of hydrogen-bond acceptors (Lipinski definition) is 4. The minimum absolute atomic E-state index is 0.415. The van der Waals surface area contributed by atoms with Gasteiger partial charge < -0.3 is 14.6 Å². The predicted molar refractivity (Wildman–Crippen MR) is 81.2 cm³/mol. The first-order valence-corrected chi connectivity index (χ1v) is 7.61. The Labute approximate surface area is 125 Å². The molecule has 2 aromatic rings. The molecule has 1 aromatic heterocycles. The monoisotopic (exact) mass is 286 g/mol. The Morgan fingerprint density at radius 2 is 2.19 bits per heavy atom. The summed E-state index contributed by atoms with van der Waals surface area (Å²) >= 11 is 0. The van der Waals surface area contributed by atoms with E-state index in [0.717, 1.165) is 23.7 Å². The quantitative estimate of drug-likeness (QED) is 0.844. The number of nitrogens with one attached hydrogen (secondary N) is 1. The van der Waals surface area contributed by atoms with E-state index >= 15 is 0 Å². The van der Waals surface area contributed by atoms with Crippen LogP contribution in [0.5, 0.6) is 5.75 Å². The van der Waals surface area contributed by atoms with Gasteiger partial charge in [-0.25, -0.2) is 0 Å². The fraction of sp³-hybridized carbons (Fsp3) is 0.471. The van der Waals surface area contributed by atoms with E-state index in [1.807, 2.05) is 18.2 Å². The average molecular weight is 286 g/mol. The summed E-state index contributed by atoms with van der Waals surface area (Å²) in [5.41, 5.74) is 2.22. The summed E-state index contributed by atoms with van der Waals surface area (Å²) in [7, 11) is 0. The second-order valence-electron chi connectivity index (χ2n) is 5.96. The van der Waals surface area contributed by atoms with E-state index in [-0.39, 0.29) is 0 Å². The van der Waals surface area contributed by atoms with E-state index in [1.165, 1.54) is 18.4 Å². The maximum absolute atomic E-state index is 5.78. The van der Waals surface area contributed by atoms with Crippen molar-refractivity contribution in [1.29, 1.82) is 0 Å². The van der Waals surface area contributed by atoms with E-state index in [4.69, 9.17) is 9.26 Å². The van der Waals surface area contributed by atoms with E-state index < -0.39 is 0 Å². The number of rotatable bonds is 7. The maximum atomic E-state index is 5.78. The van der Waals surface area contributed by atoms with Gasteiger partial charge in [-0.3, -0.25) is 0 Å². The SMILES string of the molecule is CC(C)c1cccc(OCc2cc(CNC3CC3)no2)c1. The summed E-state index contributed by atoms with van der Waals surface area (Å²) in [5, 5.41) is 7.47. The summed E-state index contributed by atoms with van der Waals surface area (Å²) in [6.45, 7) is 5.54. The second-order valence-corrected chi connectivity index (χ2v) is 5.96. The van der Waals surface area contributed by atoms with Crippen molar-refractivity contribution in [3.8, 4) is 5.75 Å². The number of hydrogen-bond donors (Lipinski definition) is 1. The molecule has 21 heavy (non-hydrogen) atoms. The Bertz CT molecular complexity index is 588. The first kappa shape index (κ1) is 14.1. The topological polar surface area (TPSA) is 47.3 Å². The summed E-state index contributed by atoms with van der Waals surface area (Å²) in [4.78, 5) is 0. The molecule has 0 unspecified atom stereocenters. The largest absolute Gasteiger partial charge is 0.486 e. The van der Waals surface area contributed by atoms with Gasteiger partial charge in [0, 0.05) is 18.7 Å². The molecule has 0 spiro atoms. The van der Waals surface area contributed by atoms with E-state index in [1.54, 1.807) is 0 Å². The van der Waals surface area contributed by atoms with Crippen molar-refractivity contribution in [1.82, 2.24) is 10.5 Å². The van der Waals surface area contributed by atoms with Crippen LogP contribution >= 0.6 is 0 Å². The number of aromatic nitrogens is 1. The standard InChI is InChI=1S/C17H22N2O2/c1-12(2)13-4-3-5-16(8-13)20-11-17-9-15(19-21-17)10-18-14-6-7-14/h3-5,8-9,12,14,18H,6-7,10-11H2,1-2H3. The van der Waals surface area contributed by atoms with Crippen LogP contribution in [0.4, 0.5) is 0 Å². The number of nitrogens with zero attached hydrogens (tertiary/aromatic N) is 1. The molecule has 1 N–H and O–H groups in total. The highest BCUT2D eigenvalue weighted by molar-refractivity contribution is 5.30. The van der Waals surface area contributed by atoms with Gasteiger partial charge in [0.2, 0.25) is 0 Å². The third-order valence-electron chi connectivity index (χ3n) is 3.66. The molecule has 4 heteroatoms. The van der Waals surface area contributed by atoms with Crippen LogP contribution in [0.2, 0.25) is 0 Å². The third-order valence-corrected chi connectivity index (χ3v) is 3.66. The highest BCUT2D eigenvalue weighted by Gasteiger charge is 2.20. The Balaban J connectivity index is 1.53. The minimum Gasteiger partial charge on any atom is -0.486 e. The molecular formula is C17H22N2O2. The van der Waals surface area contributed by atoms with Crippen LogP contribution < -0.4 is 10.1 Å². The van der Waals surface area contributed by atoms with Gasteiger partial charge in [-0.1, -0.05) is 31.1 Å². The molecule has 0 atom stereocenters. The fourth-order valence-electron chi connectivity index (χ4n) is 2.16. The molecule has 0 aliphatic heterocycles. The Hall–Kier alpha value is -1.81. The van der Waals surface area contributed by atoms with Crippen LogP contribution in [-0.4, -0.2) is 11.2 Å². The lowest BCUT2D eigenvalue weighted by Gasteiger charge is -2.08. The third kappa shape index (κ3) is 4.08. The number of benzene rings is 1. The molecule has 112 valence electrons. The lowest BCUT2D eigenvalue weighted by molar-refractivity contribution is 0.248. The van der Waals surface area contributed by atoms with Gasteiger partial charge in [0.15, 0.2) is 5.76 Å². The zero-order valence-corrected chi connectivity index (χ0v) is 12.6. The molecule has 1 saturated carbocycles. The highest BCUT2D eigenvalue weighted by Crippen LogP contribution is 2.21. The summed E-state index contributed by atoms with van der Waals surface area (Å²) in [6.07, 6.45) is 2.56. The van der Waals surface area contributed by atoms with Crippen LogP contribution in [0.1, 0.15) is 49.6 Å². The van der Waals surface area contributed by atoms with Crippen molar-refractivity contribution in [2.24, 2.45) is 0 Å². The van der Waals surface area contributed by atoms with Crippen LogP contribution in [0, 0.1) is 0 Å². The zero-order valence-electron chi connectivity index (χ0n) is 12.6. The van der Waals surface area contributed by atoms with Gasteiger partial charge in [-0.2, -0.15) is 0 Å². The molecule has 1 aromatic carbocycles. The molecule has 0 bridgehead atoms. The predicted octanol–water partition coefficient (Wildman–Crippen LogP) is 3.63. The van der Waals surface area contributed by atoms with Gasteiger partial charge >= 0.3 is 0 Å². The minimum atomic E-state index is 0.415. The molecule has 4 nitrogen and oxygen atoms in total. The molecular weight excluding hydrogens is 264 g/mol. The Morgan fingerprint density at radius 3 is 2.95 bits per heavy atom. The molecule has 0 saturated heterocycles. The average Bonchev–Trinajstić information content (AvgIpc) is 3.21. The van der Waals surface area contributed by atoms with E-state index in [0.29, 0.717) is 18.6 Å². The van der Waals surface area contributed by atoms with Crippen molar-refractivity contribution in [3.05, 3.63) is 47.3 Å². The van der Waals surface area contributed by atoms with Gasteiger partial charge in [0.05, 0.1) is 5.69 Å². The molecule has 0 radical (unpaired) electrons. The van der Waals surface area contributed by atoms with Crippen LogP contribution in [-0.2, 0) is 13.2 Å². The molecule has 1 fully saturated rings. The molecule has 1 heterocycles. The van der Waals surface area contributed by atoms with Crippen LogP contribution in [0.25, 0.3) is 0 Å². The first-order valence-electron chi connectivity index (χ1n) is 7.61. The van der Waals surface area contributed by atoms with E-state index in [9.17, 15) is 0 Å². The van der Waals surface area contributed by atoms with E-state index in [2.05, 4.69) is 36.5 Å². The van der Waals surface area contributed by atoms with Gasteiger partial charge in [0.25, 0.3) is 0 Å². The fourth-order valence-corrected chi connectivity index (χ4v) is 2.16. The van der Waals surface area contributed by atoms with Crippen molar-refractivity contribution < 1.29 is 9.26 Å². The summed E-state index contributed by atoms with van der Waals surface area (Å²) < 4.78 is 11.1. The van der Waals surface area contributed by atoms with Gasteiger partial charge in [0.1, 0.15) is 12.4 Å². The lowest BCUT2D eigenvalue weighted by atomic mass is 10.0. The Kier molecular flexibility index (Phi) is 4.25. The van der Waals surface area contributed by atoms with Crippen LogP contribution in [0.15, 0.2) is 34.9 Å². The highest BCUT2D eigenvalue weighted by atomic mass is 16.5.